The number of benzene rings is 1. The van der Waals surface area contributed by atoms with Gasteiger partial charge in [-0.2, -0.15) is 0 Å². The van der Waals surface area contributed by atoms with E-state index in [4.69, 9.17) is 11.1 Å². The van der Waals surface area contributed by atoms with Crippen molar-refractivity contribution < 1.29 is 0 Å². The maximum absolute atomic E-state index is 7.64. The average Bonchev–Trinajstić information content (AvgIpc) is 2.80. The van der Waals surface area contributed by atoms with Gasteiger partial charge in [-0.05, 0) is 12.5 Å². The number of nitrogens with one attached hydrogen (secondary N) is 1. The number of hydrogen-bond donors (Lipinski definition) is 2. The zero-order chi connectivity index (χ0) is 14.0. The molecule has 3 N–H and O–H groups in total. The summed E-state index contributed by atoms with van der Waals surface area (Å²) < 4.78 is 0.848. The van der Waals surface area contributed by atoms with E-state index in [-0.39, 0.29) is 5.84 Å². The second-order valence-corrected chi connectivity index (χ2v) is 6.43. The van der Waals surface area contributed by atoms with Gasteiger partial charge in [0.05, 0.1) is 0 Å². The van der Waals surface area contributed by atoms with Crippen molar-refractivity contribution in [1.82, 2.24) is 10.2 Å². The van der Waals surface area contributed by atoms with Gasteiger partial charge in [-0.25, -0.2) is 0 Å². The average molecular weight is 293 g/mol. The summed E-state index contributed by atoms with van der Waals surface area (Å²) in [6.45, 7) is 2.00. The van der Waals surface area contributed by atoms with E-state index in [1.54, 1.807) is 0 Å². The molecule has 1 aromatic heterocycles. The van der Waals surface area contributed by atoms with E-state index in [0.29, 0.717) is 0 Å². The molecule has 100 valence electrons. The maximum atomic E-state index is 7.64. The lowest BCUT2D eigenvalue weighted by molar-refractivity contribution is 0.972. The van der Waals surface area contributed by atoms with Crippen molar-refractivity contribution in [2.75, 3.05) is 19.0 Å². The number of amidine groups is 1. The third-order valence-corrected chi connectivity index (χ3v) is 4.86. The predicted octanol–water partition coefficient (Wildman–Crippen LogP) is 2.35. The Kier molecular flexibility index (Phi) is 4.06. The number of hydrogen-bond acceptors (Lipinski definition) is 6. The van der Waals surface area contributed by atoms with Crippen LogP contribution in [0.3, 0.4) is 0 Å². The van der Waals surface area contributed by atoms with Gasteiger partial charge in [0, 0.05) is 24.6 Å². The minimum Gasteiger partial charge on any atom is -0.384 e. The summed E-state index contributed by atoms with van der Waals surface area (Å²) in [5.74, 6) is 0.0727. The molecule has 0 radical (unpaired) electrons. The molecule has 0 spiro atoms. The van der Waals surface area contributed by atoms with Gasteiger partial charge in [-0.3, -0.25) is 5.41 Å². The molecular formula is C12H15N5S2. The number of anilines is 1. The lowest BCUT2D eigenvalue weighted by Crippen LogP contribution is -2.12. The minimum atomic E-state index is 0.0727. The van der Waals surface area contributed by atoms with E-state index >= 15 is 0 Å². The molecular weight excluding hydrogens is 278 g/mol. The normalized spacial score (nSPS) is 10.5. The SMILES string of the molecule is Cc1cccc(C(=N)N)c1Sc1nnc(N(C)C)s1. The van der Waals surface area contributed by atoms with Crippen LogP contribution in [-0.2, 0) is 0 Å². The third-order valence-electron chi connectivity index (χ3n) is 2.47. The first kappa shape index (κ1) is 13.8. The molecule has 1 aromatic carbocycles. The maximum Gasteiger partial charge on any atom is 0.208 e. The molecule has 5 nitrogen and oxygen atoms in total. The van der Waals surface area contributed by atoms with Gasteiger partial charge >= 0.3 is 0 Å². The van der Waals surface area contributed by atoms with Crippen LogP contribution in [-0.4, -0.2) is 30.1 Å². The lowest BCUT2D eigenvalue weighted by atomic mass is 10.1. The van der Waals surface area contributed by atoms with Crippen molar-refractivity contribution >= 4 is 34.1 Å². The fourth-order valence-electron chi connectivity index (χ4n) is 1.51. The number of aryl methyl sites for hydroxylation is 1. The fourth-order valence-corrected chi connectivity index (χ4v) is 3.43. The van der Waals surface area contributed by atoms with Gasteiger partial charge in [-0.15, -0.1) is 10.2 Å². The van der Waals surface area contributed by atoms with E-state index in [0.717, 1.165) is 25.5 Å². The first-order valence-electron chi connectivity index (χ1n) is 5.61. The highest BCUT2D eigenvalue weighted by Gasteiger charge is 2.13. The van der Waals surface area contributed by atoms with Crippen LogP contribution in [0.1, 0.15) is 11.1 Å². The summed E-state index contributed by atoms with van der Waals surface area (Å²) in [5.41, 5.74) is 7.44. The van der Waals surface area contributed by atoms with Crippen molar-refractivity contribution in [3.05, 3.63) is 29.3 Å². The first-order chi connectivity index (χ1) is 8.99. The van der Waals surface area contributed by atoms with Crippen molar-refractivity contribution in [2.24, 2.45) is 5.73 Å². The molecule has 0 aliphatic rings. The van der Waals surface area contributed by atoms with Crippen LogP contribution in [0.2, 0.25) is 0 Å². The molecule has 0 atom stereocenters. The number of nitrogen functional groups attached to an aromatic ring is 1. The van der Waals surface area contributed by atoms with Crippen LogP contribution >= 0.6 is 23.1 Å². The van der Waals surface area contributed by atoms with Crippen molar-refractivity contribution in [3.63, 3.8) is 0 Å². The van der Waals surface area contributed by atoms with Crippen LogP contribution in [0.15, 0.2) is 27.4 Å². The van der Waals surface area contributed by atoms with Crippen molar-refractivity contribution in [3.8, 4) is 0 Å². The highest BCUT2D eigenvalue weighted by atomic mass is 32.2. The van der Waals surface area contributed by atoms with Gasteiger partial charge in [-0.1, -0.05) is 41.3 Å². The number of nitrogens with two attached hydrogens (primary N) is 1. The van der Waals surface area contributed by atoms with Crippen LogP contribution < -0.4 is 10.6 Å². The van der Waals surface area contributed by atoms with Crippen LogP contribution in [0.5, 0.6) is 0 Å². The topological polar surface area (TPSA) is 78.9 Å². The molecule has 0 unspecified atom stereocenters. The molecule has 7 heteroatoms. The second-order valence-electron chi connectivity index (χ2n) is 4.21. The monoisotopic (exact) mass is 293 g/mol. The summed E-state index contributed by atoms with van der Waals surface area (Å²) in [4.78, 5) is 2.89. The van der Waals surface area contributed by atoms with Gasteiger partial charge < -0.3 is 10.6 Å². The molecule has 1 heterocycles. The molecule has 0 bridgehead atoms. The Morgan fingerprint density at radius 3 is 2.68 bits per heavy atom. The van der Waals surface area contributed by atoms with Crippen LogP contribution in [0.25, 0.3) is 0 Å². The van der Waals surface area contributed by atoms with Crippen molar-refractivity contribution in [2.45, 2.75) is 16.2 Å². The molecule has 0 saturated carbocycles. The molecule has 2 aromatic rings. The van der Waals surface area contributed by atoms with E-state index in [2.05, 4.69) is 10.2 Å². The molecule has 0 aliphatic carbocycles. The summed E-state index contributed by atoms with van der Waals surface area (Å²) in [6, 6.07) is 5.76. The largest absolute Gasteiger partial charge is 0.384 e. The van der Waals surface area contributed by atoms with Gasteiger partial charge in [0.15, 0.2) is 4.34 Å². The summed E-state index contributed by atoms with van der Waals surface area (Å²) >= 11 is 3.03. The Hall–Kier alpha value is -1.60. The molecule has 0 amide bonds. The van der Waals surface area contributed by atoms with Gasteiger partial charge in [0.2, 0.25) is 5.13 Å². The first-order valence-corrected chi connectivity index (χ1v) is 7.25. The zero-order valence-electron chi connectivity index (χ0n) is 11.0. The van der Waals surface area contributed by atoms with Crippen LogP contribution in [0.4, 0.5) is 5.13 Å². The number of aromatic nitrogens is 2. The molecule has 0 fully saturated rings. The Balaban J connectivity index is 2.34. The smallest absolute Gasteiger partial charge is 0.208 e. The Morgan fingerprint density at radius 1 is 1.37 bits per heavy atom. The van der Waals surface area contributed by atoms with E-state index < -0.39 is 0 Å². The minimum absolute atomic E-state index is 0.0727. The van der Waals surface area contributed by atoms with Crippen molar-refractivity contribution in [1.29, 1.82) is 5.41 Å². The molecule has 19 heavy (non-hydrogen) atoms. The summed E-state index contributed by atoms with van der Waals surface area (Å²) in [5, 5.41) is 16.8. The van der Waals surface area contributed by atoms with Gasteiger partial charge in [0.25, 0.3) is 0 Å². The van der Waals surface area contributed by atoms with Crippen LogP contribution in [0, 0.1) is 12.3 Å². The Bertz CT molecular complexity index is 606. The molecule has 0 aliphatic heterocycles. The van der Waals surface area contributed by atoms with E-state index in [1.165, 1.54) is 23.1 Å². The number of nitrogens with zero attached hydrogens (tertiary/aromatic N) is 3. The second kappa shape index (κ2) is 5.58. The number of rotatable bonds is 4. The third kappa shape index (κ3) is 3.05. The standard InChI is InChI=1S/C12H15N5S2/c1-7-5-4-6-8(10(13)14)9(7)18-12-16-15-11(19-12)17(2)3/h4-6H,1-3H3,(H3,13,14). The molecule has 2 rings (SSSR count). The van der Waals surface area contributed by atoms with E-state index in [1.807, 2.05) is 44.1 Å². The summed E-state index contributed by atoms with van der Waals surface area (Å²) in [6.07, 6.45) is 0. The quantitative estimate of drug-likeness (QED) is 0.668. The summed E-state index contributed by atoms with van der Waals surface area (Å²) in [7, 11) is 3.87. The zero-order valence-corrected chi connectivity index (χ0v) is 12.6. The molecule has 0 saturated heterocycles. The van der Waals surface area contributed by atoms with E-state index in [9.17, 15) is 0 Å². The highest BCUT2D eigenvalue weighted by Crippen LogP contribution is 2.36. The lowest BCUT2D eigenvalue weighted by Gasteiger charge is -2.09. The Labute approximate surface area is 120 Å². The fraction of sp³-hybridized carbons (Fsp3) is 0.250. The van der Waals surface area contributed by atoms with Gasteiger partial charge in [0.1, 0.15) is 5.84 Å². The predicted molar refractivity (Wildman–Crippen MR) is 80.6 cm³/mol. The highest BCUT2D eigenvalue weighted by molar-refractivity contribution is 8.01. The Morgan fingerprint density at radius 2 is 2.11 bits per heavy atom.